The Labute approximate surface area is 135 Å². The van der Waals surface area contributed by atoms with Crippen LogP contribution in [0.2, 0.25) is 0 Å². The molecule has 0 aromatic rings. The molecule has 0 spiro atoms. The fraction of sp³-hybridized carbons (Fsp3) is 0.750. The maximum absolute atomic E-state index is 12.3. The SMILES string of the molecule is CC(C)=CCCC1(C)CCCC2(C)C3C(=O)OCC3=CCC12. The Morgan fingerprint density at radius 2 is 2.14 bits per heavy atom. The van der Waals surface area contributed by atoms with Gasteiger partial charge in [0.25, 0.3) is 0 Å². The van der Waals surface area contributed by atoms with E-state index in [2.05, 4.69) is 39.8 Å². The van der Waals surface area contributed by atoms with E-state index in [1.54, 1.807) is 0 Å². The van der Waals surface area contributed by atoms with Crippen molar-refractivity contribution in [1.82, 2.24) is 0 Å². The summed E-state index contributed by atoms with van der Waals surface area (Å²) in [5.74, 6) is 0.681. The van der Waals surface area contributed by atoms with Crippen molar-refractivity contribution in [2.45, 2.75) is 66.2 Å². The van der Waals surface area contributed by atoms with E-state index in [0.29, 0.717) is 17.9 Å². The van der Waals surface area contributed by atoms with Crippen molar-refractivity contribution in [2.24, 2.45) is 22.7 Å². The second kappa shape index (κ2) is 5.54. The molecule has 2 heteroatoms. The van der Waals surface area contributed by atoms with E-state index < -0.39 is 0 Å². The van der Waals surface area contributed by atoms with Crippen LogP contribution in [-0.2, 0) is 9.53 Å². The van der Waals surface area contributed by atoms with Gasteiger partial charge in [-0.15, -0.1) is 0 Å². The monoisotopic (exact) mass is 302 g/mol. The van der Waals surface area contributed by atoms with E-state index in [1.165, 1.54) is 36.8 Å². The lowest BCUT2D eigenvalue weighted by Gasteiger charge is -2.56. The molecule has 3 rings (SSSR count). The van der Waals surface area contributed by atoms with Gasteiger partial charge in [0.15, 0.2) is 0 Å². The first-order valence-electron chi connectivity index (χ1n) is 8.86. The van der Waals surface area contributed by atoms with E-state index in [-0.39, 0.29) is 17.3 Å². The molecule has 0 bridgehead atoms. The summed E-state index contributed by atoms with van der Waals surface area (Å²) in [6, 6.07) is 0. The molecule has 1 heterocycles. The molecule has 2 aliphatic carbocycles. The van der Waals surface area contributed by atoms with E-state index in [1.807, 2.05) is 0 Å². The van der Waals surface area contributed by atoms with Crippen LogP contribution in [0.5, 0.6) is 0 Å². The molecule has 1 saturated carbocycles. The minimum atomic E-state index is 0.0343. The summed E-state index contributed by atoms with van der Waals surface area (Å²) >= 11 is 0. The second-order valence-electron chi connectivity index (χ2n) is 8.44. The molecular formula is C20H30O2. The molecule has 0 aromatic heterocycles. The van der Waals surface area contributed by atoms with Gasteiger partial charge in [0.2, 0.25) is 0 Å². The maximum atomic E-state index is 12.3. The number of ether oxygens (including phenoxy) is 1. The Morgan fingerprint density at radius 3 is 2.86 bits per heavy atom. The Bertz CT molecular complexity index is 526. The van der Waals surface area contributed by atoms with Gasteiger partial charge in [-0.05, 0) is 68.3 Å². The Morgan fingerprint density at radius 1 is 1.36 bits per heavy atom. The van der Waals surface area contributed by atoms with Crippen molar-refractivity contribution < 1.29 is 9.53 Å². The van der Waals surface area contributed by atoms with Crippen molar-refractivity contribution in [3.8, 4) is 0 Å². The predicted octanol–water partition coefficient (Wildman–Crippen LogP) is 5.05. The van der Waals surface area contributed by atoms with Crippen molar-refractivity contribution in [1.29, 1.82) is 0 Å². The largest absolute Gasteiger partial charge is 0.461 e. The number of esters is 1. The van der Waals surface area contributed by atoms with Gasteiger partial charge in [0.1, 0.15) is 6.61 Å². The lowest BCUT2D eigenvalue weighted by molar-refractivity contribution is -0.149. The third-order valence-electron chi connectivity index (χ3n) is 6.63. The van der Waals surface area contributed by atoms with Crippen LogP contribution in [0.4, 0.5) is 0 Å². The molecule has 1 aliphatic heterocycles. The molecule has 4 unspecified atom stereocenters. The Kier molecular flexibility index (Phi) is 3.99. The minimum absolute atomic E-state index is 0.0343. The number of carbonyl (C=O) groups excluding carboxylic acids is 1. The molecule has 1 saturated heterocycles. The van der Waals surface area contributed by atoms with Gasteiger partial charge >= 0.3 is 5.97 Å². The topological polar surface area (TPSA) is 26.3 Å². The Balaban J connectivity index is 1.87. The van der Waals surface area contributed by atoms with E-state index in [0.717, 1.165) is 12.8 Å². The lowest BCUT2D eigenvalue weighted by atomic mass is 9.47. The molecule has 3 aliphatic rings. The van der Waals surface area contributed by atoms with Crippen molar-refractivity contribution in [3.05, 3.63) is 23.3 Å². The first kappa shape index (κ1) is 15.8. The third-order valence-corrected chi connectivity index (χ3v) is 6.63. The molecule has 4 atom stereocenters. The summed E-state index contributed by atoms with van der Waals surface area (Å²) in [5, 5.41) is 0. The highest BCUT2D eigenvalue weighted by Crippen LogP contribution is 2.62. The summed E-state index contributed by atoms with van der Waals surface area (Å²) < 4.78 is 5.38. The summed E-state index contributed by atoms with van der Waals surface area (Å²) in [4.78, 5) is 12.3. The number of hydrogen-bond acceptors (Lipinski definition) is 2. The fourth-order valence-corrected chi connectivity index (χ4v) is 5.52. The highest BCUT2D eigenvalue weighted by Gasteiger charge is 2.58. The fourth-order valence-electron chi connectivity index (χ4n) is 5.52. The van der Waals surface area contributed by atoms with Crippen LogP contribution in [0, 0.1) is 22.7 Å². The molecule has 0 N–H and O–H groups in total. The average Bonchev–Trinajstić information content (AvgIpc) is 2.81. The molecule has 122 valence electrons. The summed E-state index contributed by atoms with van der Waals surface area (Å²) in [6.45, 7) is 9.72. The molecular weight excluding hydrogens is 272 g/mol. The molecule has 0 amide bonds. The highest BCUT2D eigenvalue weighted by molar-refractivity contribution is 5.80. The molecule has 22 heavy (non-hydrogen) atoms. The first-order valence-corrected chi connectivity index (χ1v) is 8.86. The van der Waals surface area contributed by atoms with Crippen LogP contribution in [0.3, 0.4) is 0 Å². The van der Waals surface area contributed by atoms with E-state index >= 15 is 0 Å². The molecule has 0 radical (unpaired) electrons. The predicted molar refractivity (Wildman–Crippen MR) is 89.4 cm³/mol. The zero-order valence-corrected chi connectivity index (χ0v) is 14.6. The van der Waals surface area contributed by atoms with E-state index in [4.69, 9.17) is 4.74 Å². The average molecular weight is 302 g/mol. The van der Waals surface area contributed by atoms with Crippen LogP contribution in [0.1, 0.15) is 66.2 Å². The highest BCUT2D eigenvalue weighted by atomic mass is 16.5. The van der Waals surface area contributed by atoms with Gasteiger partial charge in [-0.3, -0.25) is 4.79 Å². The van der Waals surface area contributed by atoms with Crippen LogP contribution < -0.4 is 0 Å². The van der Waals surface area contributed by atoms with Crippen molar-refractivity contribution >= 4 is 5.97 Å². The lowest BCUT2D eigenvalue weighted by Crippen LogP contribution is -2.50. The quantitative estimate of drug-likeness (QED) is 0.539. The second-order valence-corrected chi connectivity index (χ2v) is 8.44. The van der Waals surface area contributed by atoms with Crippen LogP contribution in [0.25, 0.3) is 0 Å². The van der Waals surface area contributed by atoms with Gasteiger partial charge in [-0.2, -0.15) is 0 Å². The van der Waals surface area contributed by atoms with Crippen LogP contribution in [-0.4, -0.2) is 12.6 Å². The maximum Gasteiger partial charge on any atom is 0.314 e. The van der Waals surface area contributed by atoms with Gasteiger partial charge in [-0.1, -0.05) is 38.0 Å². The molecule has 0 aromatic carbocycles. The van der Waals surface area contributed by atoms with Gasteiger partial charge in [-0.25, -0.2) is 0 Å². The number of carbonyl (C=O) groups is 1. The zero-order chi connectivity index (χ0) is 16.0. The van der Waals surface area contributed by atoms with Gasteiger partial charge < -0.3 is 4.74 Å². The number of rotatable bonds is 3. The number of cyclic esters (lactones) is 1. The third kappa shape index (κ3) is 2.45. The Hall–Kier alpha value is -1.05. The normalized spacial score (nSPS) is 40.4. The zero-order valence-electron chi connectivity index (χ0n) is 14.6. The first-order chi connectivity index (χ1) is 10.4. The van der Waals surface area contributed by atoms with Gasteiger partial charge in [0, 0.05) is 0 Å². The molecule has 2 fully saturated rings. The number of allylic oxidation sites excluding steroid dienone is 3. The summed E-state index contributed by atoms with van der Waals surface area (Å²) in [6.07, 6.45) is 11.9. The smallest absolute Gasteiger partial charge is 0.314 e. The standard InChI is InChI=1S/C20H30O2/c1-14(2)7-5-10-19(3)11-6-12-20(4)16(19)9-8-15-13-22-18(21)17(15)20/h7-8,16-17H,5-6,9-13H2,1-4H3. The van der Waals surface area contributed by atoms with Gasteiger partial charge in [0.05, 0.1) is 5.92 Å². The number of fused-ring (bicyclic) bond motifs is 3. The summed E-state index contributed by atoms with van der Waals surface area (Å²) in [7, 11) is 0. The summed E-state index contributed by atoms with van der Waals surface area (Å²) in [5.41, 5.74) is 3.13. The molecule has 2 nitrogen and oxygen atoms in total. The van der Waals surface area contributed by atoms with E-state index in [9.17, 15) is 4.79 Å². The van der Waals surface area contributed by atoms with Crippen molar-refractivity contribution in [3.63, 3.8) is 0 Å². The van der Waals surface area contributed by atoms with Crippen molar-refractivity contribution in [2.75, 3.05) is 6.61 Å². The minimum Gasteiger partial charge on any atom is -0.461 e. The number of hydrogen-bond donors (Lipinski definition) is 0. The van der Waals surface area contributed by atoms with Crippen LogP contribution in [0.15, 0.2) is 23.3 Å². The van der Waals surface area contributed by atoms with Crippen LogP contribution >= 0.6 is 0 Å².